The maximum absolute atomic E-state index is 5.91. The number of nitrogens with one attached hydrogen (secondary N) is 1. The normalized spacial score (nSPS) is 11.2. The van der Waals surface area contributed by atoms with E-state index < -0.39 is 0 Å². The zero-order chi connectivity index (χ0) is 15.1. The summed E-state index contributed by atoms with van der Waals surface area (Å²) in [6.07, 6.45) is 1.03. The molecule has 21 heavy (non-hydrogen) atoms. The first-order chi connectivity index (χ1) is 10.2. The van der Waals surface area contributed by atoms with Crippen LogP contribution in [0.5, 0.6) is 5.75 Å². The standard InChI is InChI=1S/C17H21N3O/c1-3-13-8-10-15(11-9-13)20-17(18)19-12-14-6-4-5-7-16(14)21-2/h4-11H,3,12H2,1-2H3,(H3,18,19,20). The van der Waals surface area contributed by atoms with E-state index in [1.807, 2.05) is 36.4 Å². The summed E-state index contributed by atoms with van der Waals surface area (Å²) in [5.74, 6) is 1.21. The van der Waals surface area contributed by atoms with Crippen molar-refractivity contribution < 1.29 is 4.74 Å². The van der Waals surface area contributed by atoms with E-state index in [0.29, 0.717) is 12.5 Å². The molecule has 0 unspecified atom stereocenters. The molecule has 110 valence electrons. The number of benzene rings is 2. The van der Waals surface area contributed by atoms with Gasteiger partial charge in [-0.25, -0.2) is 4.99 Å². The van der Waals surface area contributed by atoms with Gasteiger partial charge in [0.25, 0.3) is 0 Å². The fraction of sp³-hybridized carbons (Fsp3) is 0.235. The number of aliphatic imine (C=N–C) groups is 1. The van der Waals surface area contributed by atoms with Gasteiger partial charge in [-0.05, 0) is 30.2 Å². The lowest BCUT2D eigenvalue weighted by Crippen LogP contribution is -2.22. The van der Waals surface area contributed by atoms with E-state index in [2.05, 4.69) is 29.4 Å². The molecule has 0 aliphatic heterocycles. The molecule has 0 bridgehead atoms. The average Bonchev–Trinajstić information content (AvgIpc) is 2.54. The number of aryl methyl sites for hydroxylation is 1. The predicted molar refractivity (Wildman–Crippen MR) is 87.8 cm³/mol. The Labute approximate surface area is 125 Å². The van der Waals surface area contributed by atoms with Crippen LogP contribution in [0.4, 0.5) is 5.69 Å². The Morgan fingerprint density at radius 1 is 1.14 bits per heavy atom. The van der Waals surface area contributed by atoms with E-state index in [1.165, 1.54) is 5.56 Å². The molecule has 0 heterocycles. The van der Waals surface area contributed by atoms with Gasteiger partial charge in [-0.15, -0.1) is 0 Å². The Morgan fingerprint density at radius 2 is 1.86 bits per heavy atom. The molecule has 0 amide bonds. The molecule has 3 N–H and O–H groups in total. The lowest BCUT2D eigenvalue weighted by Gasteiger charge is -2.08. The summed E-state index contributed by atoms with van der Waals surface area (Å²) >= 11 is 0. The average molecular weight is 283 g/mol. The fourth-order valence-electron chi connectivity index (χ4n) is 2.02. The van der Waals surface area contributed by atoms with Crippen LogP contribution in [0.1, 0.15) is 18.1 Å². The Kier molecular flexibility index (Phi) is 5.21. The van der Waals surface area contributed by atoms with E-state index in [0.717, 1.165) is 23.4 Å². The van der Waals surface area contributed by atoms with Crippen molar-refractivity contribution in [3.63, 3.8) is 0 Å². The number of nitrogens with two attached hydrogens (primary N) is 1. The fourth-order valence-corrected chi connectivity index (χ4v) is 2.02. The van der Waals surface area contributed by atoms with Gasteiger partial charge in [-0.3, -0.25) is 0 Å². The highest BCUT2D eigenvalue weighted by molar-refractivity contribution is 5.92. The minimum absolute atomic E-state index is 0.394. The second kappa shape index (κ2) is 7.33. The van der Waals surface area contributed by atoms with Crippen LogP contribution in [0.15, 0.2) is 53.5 Å². The molecule has 0 aromatic heterocycles. The first kappa shape index (κ1) is 14.9. The number of nitrogens with zero attached hydrogens (tertiary/aromatic N) is 1. The van der Waals surface area contributed by atoms with Crippen molar-refractivity contribution >= 4 is 11.6 Å². The molecule has 0 saturated carbocycles. The van der Waals surface area contributed by atoms with Crippen molar-refractivity contribution in [3.05, 3.63) is 59.7 Å². The predicted octanol–water partition coefficient (Wildman–Crippen LogP) is 3.18. The van der Waals surface area contributed by atoms with Gasteiger partial charge in [0.1, 0.15) is 5.75 Å². The third-order valence-corrected chi connectivity index (χ3v) is 3.25. The number of hydrogen-bond acceptors (Lipinski definition) is 2. The van der Waals surface area contributed by atoms with Crippen LogP contribution in [0.25, 0.3) is 0 Å². The first-order valence-corrected chi connectivity index (χ1v) is 7.00. The summed E-state index contributed by atoms with van der Waals surface area (Å²) in [6, 6.07) is 16.0. The van der Waals surface area contributed by atoms with Crippen molar-refractivity contribution in [2.24, 2.45) is 10.7 Å². The van der Waals surface area contributed by atoms with Gasteiger partial charge in [-0.1, -0.05) is 37.3 Å². The molecular formula is C17H21N3O. The van der Waals surface area contributed by atoms with Crippen LogP contribution in [-0.2, 0) is 13.0 Å². The van der Waals surface area contributed by atoms with Crippen molar-refractivity contribution in [2.75, 3.05) is 12.4 Å². The molecule has 0 spiro atoms. The number of methoxy groups -OCH3 is 1. The van der Waals surface area contributed by atoms with Crippen molar-refractivity contribution in [1.29, 1.82) is 0 Å². The highest BCUT2D eigenvalue weighted by Gasteiger charge is 2.01. The van der Waals surface area contributed by atoms with E-state index in [9.17, 15) is 0 Å². The maximum Gasteiger partial charge on any atom is 0.193 e. The number of anilines is 1. The van der Waals surface area contributed by atoms with E-state index in [-0.39, 0.29) is 0 Å². The summed E-state index contributed by atoms with van der Waals surface area (Å²) in [5.41, 5.74) is 9.15. The highest BCUT2D eigenvalue weighted by Crippen LogP contribution is 2.18. The number of ether oxygens (including phenoxy) is 1. The van der Waals surface area contributed by atoms with Gasteiger partial charge < -0.3 is 15.8 Å². The van der Waals surface area contributed by atoms with Gasteiger partial charge in [0, 0.05) is 11.3 Å². The maximum atomic E-state index is 5.91. The SMILES string of the molecule is CCc1ccc(NC(N)=NCc2ccccc2OC)cc1. The third-order valence-electron chi connectivity index (χ3n) is 3.25. The van der Waals surface area contributed by atoms with Crippen LogP contribution in [0.3, 0.4) is 0 Å². The van der Waals surface area contributed by atoms with Crippen molar-refractivity contribution in [3.8, 4) is 5.75 Å². The molecule has 2 aromatic rings. The molecule has 2 rings (SSSR count). The van der Waals surface area contributed by atoms with E-state index >= 15 is 0 Å². The Bertz CT molecular complexity index is 606. The minimum atomic E-state index is 0.394. The zero-order valence-electron chi connectivity index (χ0n) is 12.5. The van der Waals surface area contributed by atoms with Crippen LogP contribution in [0, 0.1) is 0 Å². The van der Waals surface area contributed by atoms with Gasteiger partial charge in [0.15, 0.2) is 5.96 Å². The number of para-hydroxylation sites is 1. The van der Waals surface area contributed by atoms with Gasteiger partial charge in [-0.2, -0.15) is 0 Å². The largest absolute Gasteiger partial charge is 0.496 e. The molecule has 0 saturated heterocycles. The highest BCUT2D eigenvalue weighted by atomic mass is 16.5. The third kappa shape index (κ3) is 4.24. The van der Waals surface area contributed by atoms with Crippen molar-refractivity contribution in [1.82, 2.24) is 0 Å². The van der Waals surface area contributed by atoms with Crippen LogP contribution >= 0.6 is 0 Å². The van der Waals surface area contributed by atoms with Crippen LogP contribution in [0.2, 0.25) is 0 Å². The second-order valence-electron chi connectivity index (χ2n) is 4.69. The Morgan fingerprint density at radius 3 is 2.52 bits per heavy atom. The van der Waals surface area contributed by atoms with Gasteiger partial charge in [0.05, 0.1) is 13.7 Å². The summed E-state index contributed by atoms with van der Waals surface area (Å²) < 4.78 is 5.29. The molecule has 4 heteroatoms. The molecule has 0 fully saturated rings. The van der Waals surface area contributed by atoms with Gasteiger partial charge in [0.2, 0.25) is 0 Å². The Hall–Kier alpha value is -2.49. The molecule has 0 aliphatic carbocycles. The summed E-state index contributed by atoms with van der Waals surface area (Å²) in [7, 11) is 1.65. The molecule has 4 nitrogen and oxygen atoms in total. The zero-order valence-corrected chi connectivity index (χ0v) is 12.5. The van der Waals surface area contributed by atoms with Gasteiger partial charge >= 0.3 is 0 Å². The second-order valence-corrected chi connectivity index (χ2v) is 4.69. The minimum Gasteiger partial charge on any atom is -0.496 e. The number of guanidine groups is 1. The molecule has 2 aromatic carbocycles. The molecular weight excluding hydrogens is 262 g/mol. The summed E-state index contributed by atoms with van der Waals surface area (Å²) in [6.45, 7) is 2.61. The first-order valence-electron chi connectivity index (χ1n) is 7.00. The quantitative estimate of drug-likeness (QED) is 0.654. The lowest BCUT2D eigenvalue weighted by molar-refractivity contribution is 0.410. The summed E-state index contributed by atoms with van der Waals surface area (Å²) in [5, 5.41) is 3.09. The summed E-state index contributed by atoms with van der Waals surface area (Å²) in [4.78, 5) is 4.34. The van der Waals surface area contributed by atoms with Crippen LogP contribution in [-0.4, -0.2) is 13.1 Å². The van der Waals surface area contributed by atoms with E-state index in [1.54, 1.807) is 7.11 Å². The van der Waals surface area contributed by atoms with Crippen LogP contribution < -0.4 is 15.8 Å². The molecule has 0 atom stereocenters. The lowest BCUT2D eigenvalue weighted by atomic mass is 10.1. The topological polar surface area (TPSA) is 59.6 Å². The number of rotatable bonds is 5. The monoisotopic (exact) mass is 283 g/mol. The smallest absolute Gasteiger partial charge is 0.193 e. The molecule has 0 radical (unpaired) electrons. The Balaban J connectivity index is 2.00. The molecule has 0 aliphatic rings. The van der Waals surface area contributed by atoms with E-state index in [4.69, 9.17) is 10.5 Å². The number of hydrogen-bond donors (Lipinski definition) is 2. The van der Waals surface area contributed by atoms with Crippen molar-refractivity contribution in [2.45, 2.75) is 19.9 Å².